The summed E-state index contributed by atoms with van der Waals surface area (Å²) in [7, 11) is 0. The Kier molecular flexibility index (Phi) is 4.50. The molecule has 0 fully saturated rings. The third-order valence-electron chi connectivity index (χ3n) is 2.68. The van der Waals surface area contributed by atoms with Gasteiger partial charge in [0.05, 0.1) is 6.61 Å². The molecule has 0 saturated carbocycles. The molecule has 1 rings (SSSR count). The minimum Gasteiger partial charge on any atom is -0.465 e. The van der Waals surface area contributed by atoms with Crippen LogP contribution in [0.5, 0.6) is 0 Å². The first-order valence-corrected chi connectivity index (χ1v) is 5.62. The first-order valence-electron chi connectivity index (χ1n) is 5.62. The van der Waals surface area contributed by atoms with Crippen molar-refractivity contribution in [1.82, 2.24) is 0 Å². The largest absolute Gasteiger partial charge is 0.465 e. The minimum absolute atomic E-state index is 0.318. The third kappa shape index (κ3) is 3.07. The van der Waals surface area contributed by atoms with E-state index in [0.29, 0.717) is 19.4 Å². The average molecular weight is 221 g/mol. The lowest BCUT2D eigenvalue weighted by molar-refractivity contribution is -0.149. The van der Waals surface area contributed by atoms with Crippen LogP contribution in [0.3, 0.4) is 0 Å². The highest BCUT2D eigenvalue weighted by Crippen LogP contribution is 2.16. The standard InChI is InChI=1S/C13H19NO2/c1-3-13(14,12(15)16-4-2)10-11-8-6-5-7-9-11/h5-9H,3-4,10,14H2,1-2H3. The topological polar surface area (TPSA) is 52.3 Å². The highest BCUT2D eigenvalue weighted by molar-refractivity contribution is 5.80. The van der Waals surface area contributed by atoms with Crippen LogP contribution in [0.4, 0.5) is 0 Å². The molecule has 1 unspecified atom stereocenters. The summed E-state index contributed by atoms with van der Waals surface area (Å²) in [6.45, 7) is 4.06. The van der Waals surface area contributed by atoms with E-state index >= 15 is 0 Å². The fourth-order valence-corrected chi connectivity index (χ4v) is 1.58. The van der Waals surface area contributed by atoms with Gasteiger partial charge in [-0.2, -0.15) is 0 Å². The zero-order chi connectivity index (χ0) is 12.0. The summed E-state index contributed by atoms with van der Waals surface area (Å²) in [5, 5.41) is 0. The van der Waals surface area contributed by atoms with Gasteiger partial charge in [0.15, 0.2) is 0 Å². The van der Waals surface area contributed by atoms with Crippen molar-refractivity contribution in [2.75, 3.05) is 6.61 Å². The molecule has 1 aromatic carbocycles. The maximum absolute atomic E-state index is 11.8. The molecule has 0 heterocycles. The van der Waals surface area contributed by atoms with Crippen LogP contribution in [0, 0.1) is 0 Å². The van der Waals surface area contributed by atoms with Crippen LogP contribution in [0.15, 0.2) is 30.3 Å². The second-order valence-corrected chi connectivity index (χ2v) is 3.89. The monoisotopic (exact) mass is 221 g/mol. The van der Waals surface area contributed by atoms with E-state index in [1.165, 1.54) is 0 Å². The number of benzene rings is 1. The fraction of sp³-hybridized carbons (Fsp3) is 0.462. The van der Waals surface area contributed by atoms with Gasteiger partial charge < -0.3 is 10.5 Å². The van der Waals surface area contributed by atoms with Crippen LogP contribution in [0.2, 0.25) is 0 Å². The predicted molar refractivity (Wildman–Crippen MR) is 64.0 cm³/mol. The van der Waals surface area contributed by atoms with E-state index in [9.17, 15) is 4.79 Å². The number of nitrogens with two attached hydrogens (primary N) is 1. The number of carbonyl (C=O) groups excluding carboxylic acids is 1. The van der Waals surface area contributed by atoms with Gasteiger partial charge >= 0.3 is 5.97 Å². The SMILES string of the molecule is CCOC(=O)C(N)(CC)Cc1ccccc1. The molecule has 0 bridgehead atoms. The van der Waals surface area contributed by atoms with Gasteiger partial charge in [-0.25, -0.2) is 0 Å². The zero-order valence-corrected chi connectivity index (χ0v) is 9.90. The Bertz CT molecular complexity index is 337. The molecule has 2 N–H and O–H groups in total. The summed E-state index contributed by atoms with van der Waals surface area (Å²) in [4.78, 5) is 11.8. The molecule has 3 heteroatoms. The third-order valence-corrected chi connectivity index (χ3v) is 2.68. The van der Waals surface area contributed by atoms with E-state index in [-0.39, 0.29) is 5.97 Å². The molecule has 0 aliphatic carbocycles. The second-order valence-electron chi connectivity index (χ2n) is 3.89. The quantitative estimate of drug-likeness (QED) is 0.773. The lowest BCUT2D eigenvalue weighted by atomic mass is 9.89. The first kappa shape index (κ1) is 12.7. The van der Waals surface area contributed by atoms with Crippen LogP contribution in [0.1, 0.15) is 25.8 Å². The van der Waals surface area contributed by atoms with Crippen molar-refractivity contribution < 1.29 is 9.53 Å². The Morgan fingerprint density at radius 3 is 2.44 bits per heavy atom. The minimum atomic E-state index is -0.905. The van der Waals surface area contributed by atoms with Crippen molar-refractivity contribution in [3.8, 4) is 0 Å². The Hall–Kier alpha value is -1.35. The van der Waals surface area contributed by atoms with Gasteiger partial charge in [0.1, 0.15) is 5.54 Å². The normalized spacial score (nSPS) is 14.2. The van der Waals surface area contributed by atoms with E-state index in [1.807, 2.05) is 37.3 Å². The Balaban J connectivity index is 2.78. The Morgan fingerprint density at radius 2 is 1.94 bits per heavy atom. The van der Waals surface area contributed by atoms with Gasteiger partial charge in [-0.3, -0.25) is 4.79 Å². The molecular weight excluding hydrogens is 202 g/mol. The van der Waals surface area contributed by atoms with Crippen LogP contribution in [-0.2, 0) is 16.0 Å². The van der Waals surface area contributed by atoms with Gasteiger partial charge in [0.2, 0.25) is 0 Å². The van der Waals surface area contributed by atoms with Crippen molar-refractivity contribution in [2.45, 2.75) is 32.2 Å². The van der Waals surface area contributed by atoms with Crippen molar-refractivity contribution in [3.05, 3.63) is 35.9 Å². The maximum atomic E-state index is 11.8. The number of esters is 1. The van der Waals surface area contributed by atoms with Crippen LogP contribution >= 0.6 is 0 Å². The van der Waals surface area contributed by atoms with Crippen molar-refractivity contribution in [2.24, 2.45) is 5.73 Å². The number of rotatable bonds is 5. The molecule has 0 amide bonds. The van der Waals surface area contributed by atoms with Crippen molar-refractivity contribution >= 4 is 5.97 Å². The summed E-state index contributed by atoms with van der Waals surface area (Å²) in [5.74, 6) is -0.318. The summed E-state index contributed by atoms with van der Waals surface area (Å²) in [6, 6.07) is 9.76. The molecule has 0 aliphatic rings. The molecule has 0 aliphatic heterocycles. The fourth-order valence-electron chi connectivity index (χ4n) is 1.58. The number of ether oxygens (including phenoxy) is 1. The maximum Gasteiger partial charge on any atom is 0.326 e. The lowest BCUT2D eigenvalue weighted by Crippen LogP contribution is -2.50. The number of carbonyl (C=O) groups is 1. The van der Waals surface area contributed by atoms with Gasteiger partial charge in [-0.15, -0.1) is 0 Å². The van der Waals surface area contributed by atoms with E-state index in [0.717, 1.165) is 5.56 Å². The molecule has 16 heavy (non-hydrogen) atoms. The second kappa shape index (κ2) is 5.66. The van der Waals surface area contributed by atoms with E-state index < -0.39 is 5.54 Å². The van der Waals surface area contributed by atoms with Crippen LogP contribution in [0.25, 0.3) is 0 Å². The molecular formula is C13H19NO2. The molecule has 0 spiro atoms. The van der Waals surface area contributed by atoms with Gasteiger partial charge in [0.25, 0.3) is 0 Å². The summed E-state index contributed by atoms with van der Waals surface area (Å²) in [6.07, 6.45) is 1.09. The molecule has 0 radical (unpaired) electrons. The zero-order valence-electron chi connectivity index (χ0n) is 9.90. The Labute approximate surface area is 96.6 Å². The smallest absolute Gasteiger partial charge is 0.326 e. The average Bonchev–Trinajstić information content (AvgIpc) is 2.30. The first-order chi connectivity index (χ1) is 7.62. The van der Waals surface area contributed by atoms with E-state index in [2.05, 4.69) is 0 Å². The van der Waals surface area contributed by atoms with Gasteiger partial charge in [-0.1, -0.05) is 37.3 Å². The van der Waals surface area contributed by atoms with Gasteiger partial charge in [-0.05, 0) is 18.9 Å². The molecule has 3 nitrogen and oxygen atoms in total. The molecule has 1 aromatic rings. The predicted octanol–water partition coefficient (Wildman–Crippen LogP) is 1.90. The molecule has 1 atom stereocenters. The van der Waals surface area contributed by atoms with Crippen molar-refractivity contribution in [3.63, 3.8) is 0 Å². The molecule has 0 saturated heterocycles. The summed E-state index contributed by atoms with van der Waals surface area (Å²) in [5.41, 5.74) is 6.23. The number of hydrogen-bond acceptors (Lipinski definition) is 3. The van der Waals surface area contributed by atoms with E-state index in [1.54, 1.807) is 6.92 Å². The highest BCUT2D eigenvalue weighted by Gasteiger charge is 2.33. The highest BCUT2D eigenvalue weighted by atomic mass is 16.5. The van der Waals surface area contributed by atoms with Gasteiger partial charge in [0, 0.05) is 6.42 Å². The summed E-state index contributed by atoms with van der Waals surface area (Å²) < 4.78 is 5.01. The summed E-state index contributed by atoms with van der Waals surface area (Å²) >= 11 is 0. The van der Waals surface area contributed by atoms with Crippen molar-refractivity contribution in [1.29, 1.82) is 0 Å². The van der Waals surface area contributed by atoms with Crippen LogP contribution < -0.4 is 5.73 Å². The number of hydrogen-bond donors (Lipinski definition) is 1. The molecule has 88 valence electrons. The Morgan fingerprint density at radius 1 is 1.31 bits per heavy atom. The van der Waals surface area contributed by atoms with E-state index in [4.69, 9.17) is 10.5 Å². The lowest BCUT2D eigenvalue weighted by Gasteiger charge is -2.25. The molecule has 0 aromatic heterocycles. The van der Waals surface area contributed by atoms with Crippen LogP contribution in [-0.4, -0.2) is 18.1 Å².